The van der Waals surface area contributed by atoms with E-state index in [1.54, 1.807) is 24.5 Å². The summed E-state index contributed by atoms with van der Waals surface area (Å²) >= 11 is 0. The quantitative estimate of drug-likeness (QED) is 0.871. The van der Waals surface area contributed by atoms with Crippen LogP contribution in [0.4, 0.5) is 5.69 Å². The second-order valence-corrected chi connectivity index (χ2v) is 6.39. The molecule has 0 spiro atoms. The Kier molecular flexibility index (Phi) is 4.53. The molecule has 2 aromatic rings. The number of ether oxygens (including phenoxy) is 1. The Balaban J connectivity index is 1.49. The van der Waals surface area contributed by atoms with Crippen molar-refractivity contribution < 1.29 is 14.3 Å². The number of para-hydroxylation sites is 2. The number of carbonyl (C=O) groups excluding carboxylic acids is 2. The monoisotopic (exact) mass is 352 g/mol. The number of aromatic nitrogens is 1. The third-order valence-corrected chi connectivity index (χ3v) is 4.70. The fraction of sp³-hybridized carbons (Fsp3) is 0.316. The van der Waals surface area contributed by atoms with Gasteiger partial charge >= 0.3 is 0 Å². The maximum atomic E-state index is 12.9. The third-order valence-electron chi connectivity index (χ3n) is 4.70. The van der Waals surface area contributed by atoms with Gasteiger partial charge in [0.05, 0.1) is 18.2 Å². The summed E-state index contributed by atoms with van der Waals surface area (Å²) < 4.78 is 5.76. The van der Waals surface area contributed by atoms with Gasteiger partial charge in [0, 0.05) is 32.0 Å². The zero-order valence-corrected chi connectivity index (χ0v) is 14.2. The van der Waals surface area contributed by atoms with E-state index < -0.39 is 6.10 Å². The maximum absolute atomic E-state index is 12.9. The van der Waals surface area contributed by atoms with Crippen LogP contribution in [0.3, 0.4) is 0 Å². The Morgan fingerprint density at radius 2 is 2.15 bits per heavy atom. The maximum Gasteiger partial charge on any atom is 0.266 e. The largest absolute Gasteiger partial charge is 0.478 e. The number of fused-ring (bicyclic) bond motifs is 1. The van der Waals surface area contributed by atoms with Gasteiger partial charge in [-0.2, -0.15) is 0 Å². The highest BCUT2D eigenvalue weighted by atomic mass is 16.5. The summed E-state index contributed by atoms with van der Waals surface area (Å²) in [4.78, 5) is 31.2. The first kappa shape index (κ1) is 16.5. The number of benzene rings is 1. The average molecular weight is 352 g/mol. The molecule has 1 aromatic heterocycles. The molecule has 2 aliphatic rings. The molecule has 2 unspecified atom stereocenters. The third kappa shape index (κ3) is 3.25. The van der Waals surface area contributed by atoms with Crippen LogP contribution in [0.2, 0.25) is 0 Å². The Labute approximate surface area is 151 Å². The molecular weight excluding hydrogens is 332 g/mol. The number of hydrogen-bond donors (Lipinski definition) is 2. The minimum atomic E-state index is -0.818. The molecule has 0 bridgehead atoms. The number of carbonyl (C=O) groups is 2. The predicted molar refractivity (Wildman–Crippen MR) is 95.7 cm³/mol. The van der Waals surface area contributed by atoms with Crippen LogP contribution in [0.5, 0.6) is 5.75 Å². The first-order chi connectivity index (χ1) is 12.7. The van der Waals surface area contributed by atoms with Gasteiger partial charge in [0.2, 0.25) is 5.91 Å². The molecule has 2 aliphatic heterocycles. The first-order valence-electron chi connectivity index (χ1n) is 8.69. The fourth-order valence-electron chi connectivity index (χ4n) is 3.38. The summed E-state index contributed by atoms with van der Waals surface area (Å²) in [6, 6.07) is 11.0. The minimum absolute atomic E-state index is 0.0108. The van der Waals surface area contributed by atoms with Crippen LogP contribution in [-0.4, -0.2) is 47.4 Å². The van der Waals surface area contributed by atoms with E-state index in [0.717, 1.165) is 12.1 Å². The van der Waals surface area contributed by atoms with Crippen molar-refractivity contribution in [2.75, 3.05) is 25.0 Å². The molecule has 2 N–H and O–H groups in total. The van der Waals surface area contributed by atoms with Crippen LogP contribution in [0.1, 0.15) is 18.0 Å². The van der Waals surface area contributed by atoms with Crippen LogP contribution in [-0.2, 0) is 9.59 Å². The van der Waals surface area contributed by atoms with Gasteiger partial charge in [0.25, 0.3) is 5.91 Å². The fourth-order valence-corrected chi connectivity index (χ4v) is 3.38. The smallest absolute Gasteiger partial charge is 0.266 e. The Hall–Kier alpha value is -2.93. The van der Waals surface area contributed by atoms with E-state index >= 15 is 0 Å². The van der Waals surface area contributed by atoms with Gasteiger partial charge in [-0.1, -0.05) is 18.2 Å². The first-order valence-corrected chi connectivity index (χ1v) is 8.69. The van der Waals surface area contributed by atoms with Crippen molar-refractivity contribution in [2.45, 2.75) is 18.6 Å². The summed E-state index contributed by atoms with van der Waals surface area (Å²) in [6.45, 7) is 1.98. The molecule has 2 atom stereocenters. The van der Waals surface area contributed by atoms with Gasteiger partial charge < -0.3 is 20.3 Å². The molecule has 3 heterocycles. The van der Waals surface area contributed by atoms with Crippen LogP contribution < -0.4 is 15.4 Å². The summed E-state index contributed by atoms with van der Waals surface area (Å²) in [7, 11) is 0. The molecule has 2 amide bonds. The predicted octanol–water partition coefficient (Wildman–Crippen LogP) is 1.34. The number of hydrogen-bond acceptors (Lipinski definition) is 5. The summed E-state index contributed by atoms with van der Waals surface area (Å²) in [5.74, 6) is 0.207. The molecule has 0 radical (unpaired) electrons. The van der Waals surface area contributed by atoms with Crippen LogP contribution in [0.25, 0.3) is 0 Å². The molecule has 1 aromatic carbocycles. The van der Waals surface area contributed by atoms with Crippen molar-refractivity contribution in [2.24, 2.45) is 0 Å². The lowest BCUT2D eigenvalue weighted by molar-refractivity contribution is -0.139. The van der Waals surface area contributed by atoms with Crippen molar-refractivity contribution in [3.8, 4) is 5.75 Å². The number of rotatable bonds is 3. The van der Waals surface area contributed by atoms with Crippen molar-refractivity contribution in [1.82, 2.24) is 15.2 Å². The Morgan fingerprint density at radius 3 is 3.00 bits per heavy atom. The van der Waals surface area contributed by atoms with Crippen molar-refractivity contribution in [3.63, 3.8) is 0 Å². The van der Waals surface area contributed by atoms with E-state index in [0.29, 0.717) is 24.5 Å². The minimum Gasteiger partial charge on any atom is -0.478 e. The van der Waals surface area contributed by atoms with Crippen LogP contribution in [0, 0.1) is 0 Å². The van der Waals surface area contributed by atoms with Gasteiger partial charge in [-0.15, -0.1) is 0 Å². The lowest BCUT2D eigenvalue weighted by Gasteiger charge is -2.37. The number of nitrogens with zero attached hydrogens (tertiary/aromatic N) is 2. The lowest BCUT2D eigenvalue weighted by Crippen LogP contribution is -2.50. The summed E-state index contributed by atoms with van der Waals surface area (Å²) in [5, 5.41) is 6.12. The van der Waals surface area contributed by atoms with Gasteiger partial charge in [0.1, 0.15) is 5.75 Å². The van der Waals surface area contributed by atoms with E-state index in [2.05, 4.69) is 15.6 Å². The zero-order chi connectivity index (χ0) is 17.9. The lowest BCUT2D eigenvalue weighted by atomic mass is 10.0. The molecule has 7 heteroatoms. The van der Waals surface area contributed by atoms with Crippen molar-refractivity contribution >= 4 is 17.5 Å². The standard InChI is InChI=1S/C19H20N4O3/c24-18(10-17-19(25)22-14-5-1-2-6-16(14)26-17)23-9-8-21-12-15(23)13-4-3-7-20-11-13/h1-7,11,15,17,21H,8-10,12H2,(H,22,25). The molecule has 7 nitrogen and oxygen atoms in total. The summed E-state index contributed by atoms with van der Waals surface area (Å²) in [6.07, 6.45) is 2.68. The number of piperazine rings is 1. The van der Waals surface area contributed by atoms with Crippen molar-refractivity contribution in [3.05, 3.63) is 54.4 Å². The van der Waals surface area contributed by atoms with E-state index in [9.17, 15) is 9.59 Å². The number of amides is 2. The summed E-state index contributed by atoms with van der Waals surface area (Å²) in [5.41, 5.74) is 1.61. The highest BCUT2D eigenvalue weighted by Crippen LogP contribution is 2.30. The van der Waals surface area contributed by atoms with Gasteiger partial charge in [-0.3, -0.25) is 14.6 Å². The van der Waals surface area contributed by atoms with Crippen LogP contribution >= 0.6 is 0 Å². The van der Waals surface area contributed by atoms with Gasteiger partial charge in [0.15, 0.2) is 6.10 Å². The van der Waals surface area contributed by atoms with E-state index in [-0.39, 0.29) is 24.3 Å². The van der Waals surface area contributed by atoms with E-state index in [4.69, 9.17) is 4.74 Å². The van der Waals surface area contributed by atoms with E-state index in [1.165, 1.54) is 0 Å². The molecule has 26 heavy (non-hydrogen) atoms. The molecular formula is C19H20N4O3. The SMILES string of the molecule is O=C1Nc2ccccc2OC1CC(=O)N1CCNCC1c1cccnc1. The normalized spacial score (nSPS) is 22.2. The molecule has 4 rings (SSSR count). The molecule has 1 fully saturated rings. The Morgan fingerprint density at radius 1 is 1.27 bits per heavy atom. The number of pyridine rings is 1. The van der Waals surface area contributed by atoms with Crippen molar-refractivity contribution in [1.29, 1.82) is 0 Å². The van der Waals surface area contributed by atoms with Gasteiger partial charge in [-0.05, 0) is 23.8 Å². The van der Waals surface area contributed by atoms with Gasteiger partial charge in [-0.25, -0.2) is 0 Å². The number of nitrogens with one attached hydrogen (secondary N) is 2. The zero-order valence-electron chi connectivity index (χ0n) is 14.2. The average Bonchev–Trinajstić information content (AvgIpc) is 2.69. The van der Waals surface area contributed by atoms with E-state index in [1.807, 2.05) is 29.2 Å². The number of anilines is 1. The Bertz CT molecular complexity index is 811. The second-order valence-electron chi connectivity index (χ2n) is 6.39. The molecule has 1 saturated heterocycles. The highest BCUT2D eigenvalue weighted by Gasteiger charge is 2.34. The highest BCUT2D eigenvalue weighted by molar-refractivity contribution is 6.00. The molecule has 0 aliphatic carbocycles. The molecule has 0 saturated carbocycles. The second kappa shape index (κ2) is 7.13. The molecule has 134 valence electrons. The topological polar surface area (TPSA) is 83.6 Å². The van der Waals surface area contributed by atoms with Crippen LogP contribution in [0.15, 0.2) is 48.8 Å².